The van der Waals surface area contributed by atoms with Gasteiger partial charge < -0.3 is 10.1 Å². The maximum Gasteiger partial charge on any atom is 0.257 e. The zero-order chi connectivity index (χ0) is 18.5. The Bertz CT molecular complexity index is 991. The molecule has 0 saturated heterocycles. The second kappa shape index (κ2) is 8.33. The Kier molecular flexibility index (Phi) is 5.46. The van der Waals surface area contributed by atoms with Gasteiger partial charge in [0, 0.05) is 17.0 Å². The lowest BCUT2D eigenvalue weighted by Crippen LogP contribution is -2.30. The van der Waals surface area contributed by atoms with E-state index < -0.39 is 0 Å². The molecule has 0 saturated carbocycles. The molecule has 4 aromatic rings. The molecular formula is C21H18N2O2S2. The summed E-state index contributed by atoms with van der Waals surface area (Å²) in [6.45, 7) is 0.643. The van der Waals surface area contributed by atoms with Gasteiger partial charge in [0.25, 0.3) is 5.91 Å². The van der Waals surface area contributed by atoms with Crippen molar-refractivity contribution in [1.82, 2.24) is 10.3 Å². The number of hydrogen-bond donors (Lipinski definition) is 1. The first-order valence-electron chi connectivity index (χ1n) is 8.66. The molecule has 2 aromatic heterocycles. The molecule has 0 bridgehead atoms. The molecule has 4 nitrogen and oxygen atoms in total. The molecule has 0 atom stereocenters. The Hall–Kier alpha value is -2.70. The second-order valence-corrected chi connectivity index (χ2v) is 8.04. The summed E-state index contributed by atoms with van der Waals surface area (Å²) in [5, 5.41) is 5.90. The average molecular weight is 395 g/mol. The maximum absolute atomic E-state index is 11.9. The highest BCUT2D eigenvalue weighted by molar-refractivity contribution is 7.21. The number of benzene rings is 2. The third kappa shape index (κ3) is 4.53. The minimum absolute atomic E-state index is 0.0188. The highest BCUT2D eigenvalue weighted by Gasteiger charge is 2.07. The highest BCUT2D eigenvalue weighted by atomic mass is 32.1. The van der Waals surface area contributed by atoms with E-state index in [0.29, 0.717) is 12.3 Å². The van der Waals surface area contributed by atoms with Crippen molar-refractivity contribution in [2.45, 2.75) is 6.42 Å². The fraction of sp³-hybridized carbons (Fsp3) is 0.143. The van der Waals surface area contributed by atoms with Crippen LogP contribution >= 0.6 is 22.7 Å². The standard InChI is InChI=1S/C21H18N2O2S2/c24-20(22-12-11-17-4-3-13-26-17)14-25-16-9-7-15(8-10-16)21-23-18-5-1-2-6-19(18)27-21/h1-10,13H,11-12,14H2,(H,22,24). The summed E-state index contributed by atoms with van der Waals surface area (Å²) in [6, 6.07) is 19.9. The van der Waals surface area contributed by atoms with Crippen LogP contribution in [0.25, 0.3) is 20.8 Å². The normalized spacial score (nSPS) is 10.8. The molecule has 27 heavy (non-hydrogen) atoms. The van der Waals surface area contributed by atoms with Crippen molar-refractivity contribution in [2.24, 2.45) is 0 Å². The third-order valence-corrected chi connectivity index (χ3v) is 6.06. The molecule has 136 valence electrons. The van der Waals surface area contributed by atoms with Crippen molar-refractivity contribution in [3.8, 4) is 16.3 Å². The summed E-state index contributed by atoms with van der Waals surface area (Å²) in [5.74, 6) is 0.565. The molecule has 1 amide bonds. The van der Waals surface area contributed by atoms with E-state index in [-0.39, 0.29) is 12.5 Å². The smallest absolute Gasteiger partial charge is 0.257 e. The van der Waals surface area contributed by atoms with Gasteiger partial charge in [0.15, 0.2) is 6.61 Å². The number of hydrogen-bond acceptors (Lipinski definition) is 5. The topological polar surface area (TPSA) is 51.2 Å². The van der Waals surface area contributed by atoms with Crippen LogP contribution < -0.4 is 10.1 Å². The van der Waals surface area contributed by atoms with Crippen LogP contribution in [0, 0.1) is 0 Å². The monoisotopic (exact) mass is 394 g/mol. The molecule has 2 heterocycles. The Labute approximate surface area is 165 Å². The molecule has 0 aliphatic carbocycles. The summed E-state index contributed by atoms with van der Waals surface area (Å²) >= 11 is 3.37. The number of carbonyl (C=O) groups excluding carboxylic acids is 1. The second-order valence-electron chi connectivity index (χ2n) is 5.98. The van der Waals surface area contributed by atoms with Crippen LogP contribution in [0.15, 0.2) is 66.0 Å². The van der Waals surface area contributed by atoms with E-state index in [4.69, 9.17) is 4.74 Å². The first kappa shape index (κ1) is 17.7. The first-order chi connectivity index (χ1) is 13.3. The number of amides is 1. The average Bonchev–Trinajstić information content (AvgIpc) is 3.36. The van der Waals surface area contributed by atoms with Crippen LogP contribution in [0.1, 0.15) is 4.88 Å². The SMILES string of the molecule is O=C(COc1ccc(-c2nc3ccccc3s2)cc1)NCCc1cccs1. The lowest BCUT2D eigenvalue weighted by atomic mass is 10.2. The molecule has 0 unspecified atom stereocenters. The van der Waals surface area contributed by atoms with E-state index in [1.165, 1.54) is 9.58 Å². The van der Waals surface area contributed by atoms with Crippen molar-refractivity contribution in [3.63, 3.8) is 0 Å². The lowest BCUT2D eigenvalue weighted by Gasteiger charge is -2.07. The number of nitrogens with zero attached hydrogens (tertiary/aromatic N) is 1. The number of rotatable bonds is 7. The molecule has 0 spiro atoms. The summed E-state index contributed by atoms with van der Waals surface area (Å²) < 4.78 is 6.75. The number of carbonyl (C=O) groups is 1. The van der Waals surface area contributed by atoms with Gasteiger partial charge in [0.1, 0.15) is 10.8 Å². The lowest BCUT2D eigenvalue weighted by molar-refractivity contribution is -0.123. The molecule has 0 aliphatic heterocycles. The first-order valence-corrected chi connectivity index (χ1v) is 10.4. The van der Waals surface area contributed by atoms with Crippen LogP contribution in [-0.4, -0.2) is 24.0 Å². The number of ether oxygens (including phenoxy) is 1. The van der Waals surface area contributed by atoms with E-state index in [0.717, 1.165) is 22.5 Å². The van der Waals surface area contributed by atoms with Crippen molar-refractivity contribution >= 4 is 38.8 Å². The van der Waals surface area contributed by atoms with Gasteiger partial charge in [-0.25, -0.2) is 4.98 Å². The minimum Gasteiger partial charge on any atom is -0.484 e. The van der Waals surface area contributed by atoms with E-state index >= 15 is 0 Å². The number of thiophene rings is 1. The predicted molar refractivity (Wildman–Crippen MR) is 112 cm³/mol. The summed E-state index contributed by atoms with van der Waals surface area (Å²) in [7, 11) is 0. The van der Waals surface area contributed by atoms with Gasteiger partial charge in [-0.2, -0.15) is 0 Å². The molecule has 0 radical (unpaired) electrons. The molecule has 0 aliphatic rings. The summed E-state index contributed by atoms with van der Waals surface area (Å²) in [5.41, 5.74) is 2.06. The van der Waals surface area contributed by atoms with Gasteiger partial charge in [0.2, 0.25) is 0 Å². The zero-order valence-corrected chi connectivity index (χ0v) is 16.2. The van der Waals surface area contributed by atoms with Gasteiger partial charge in [-0.05, 0) is 54.3 Å². The number of nitrogens with one attached hydrogen (secondary N) is 1. The number of aromatic nitrogens is 1. The van der Waals surface area contributed by atoms with Crippen molar-refractivity contribution < 1.29 is 9.53 Å². The third-order valence-electron chi connectivity index (χ3n) is 4.04. The Morgan fingerprint density at radius 1 is 1.04 bits per heavy atom. The quantitative estimate of drug-likeness (QED) is 0.492. The molecule has 6 heteroatoms. The Balaban J connectivity index is 1.29. The Morgan fingerprint density at radius 2 is 1.89 bits per heavy atom. The van der Waals surface area contributed by atoms with Crippen LogP contribution in [0.4, 0.5) is 0 Å². The maximum atomic E-state index is 11.9. The highest BCUT2D eigenvalue weighted by Crippen LogP contribution is 2.30. The Morgan fingerprint density at radius 3 is 2.67 bits per heavy atom. The van der Waals surface area contributed by atoms with Crippen molar-refractivity contribution in [3.05, 3.63) is 70.9 Å². The number of fused-ring (bicyclic) bond motifs is 1. The number of para-hydroxylation sites is 1. The van der Waals surface area contributed by atoms with Crippen LogP contribution in [0.2, 0.25) is 0 Å². The van der Waals surface area contributed by atoms with Crippen LogP contribution in [0.3, 0.4) is 0 Å². The fourth-order valence-corrected chi connectivity index (χ4v) is 4.35. The molecule has 0 fully saturated rings. The van der Waals surface area contributed by atoms with Crippen LogP contribution in [0.5, 0.6) is 5.75 Å². The van der Waals surface area contributed by atoms with Gasteiger partial charge >= 0.3 is 0 Å². The van der Waals surface area contributed by atoms with Gasteiger partial charge in [0.05, 0.1) is 10.2 Å². The number of thiazole rings is 1. The molecule has 4 rings (SSSR count). The fourth-order valence-electron chi connectivity index (χ4n) is 2.67. The molecular weight excluding hydrogens is 376 g/mol. The van der Waals surface area contributed by atoms with Gasteiger partial charge in [-0.1, -0.05) is 18.2 Å². The van der Waals surface area contributed by atoms with Gasteiger partial charge in [-0.3, -0.25) is 4.79 Å². The van der Waals surface area contributed by atoms with Crippen molar-refractivity contribution in [2.75, 3.05) is 13.2 Å². The van der Waals surface area contributed by atoms with E-state index in [1.54, 1.807) is 22.7 Å². The van der Waals surface area contributed by atoms with Crippen LogP contribution in [-0.2, 0) is 11.2 Å². The summed E-state index contributed by atoms with van der Waals surface area (Å²) in [6.07, 6.45) is 0.847. The molecule has 1 N–H and O–H groups in total. The summed E-state index contributed by atoms with van der Waals surface area (Å²) in [4.78, 5) is 17.8. The largest absolute Gasteiger partial charge is 0.484 e. The van der Waals surface area contributed by atoms with E-state index in [1.807, 2.05) is 53.9 Å². The molecule has 2 aromatic carbocycles. The minimum atomic E-state index is -0.109. The zero-order valence-electron chi connectivity index (χ0n) is 14.6. The predicted octanol–water partition coefficient (Wildman–Crippen LogP) is 4.76. The van der Waals surface area contributed by atoms with E-state index in [2.05, 4.69) is 22.4 Å². The van der Waals surface area contributed by atoms with E-state index in [9.17, 15) is 4.79 Å². The van der Waals surface area contributed by atoms with Gasteiger partial charge in [-0.15, -0.1) is 22.7 Å². The van der Waals surface area contributed by atoms with Crippen molar-refractivity contribution in [1.29, 1.82) is 0 Å².